The van der Waals surface area contributed by atoms with Crippen molar-refractivity contribution in [3.8, 4) is 5.75 Å². The molecule has 0 saturated carbocycles. The number of piperidine rings is 1. The van der Waals surface area contributed by atoms with Gasteiger partial charge in [0.05, 0.1) is 18.2 Å². The Bertz CT molecular complexity index is 935. The van der Waals surface area contributed by atoms with E-state index in [4.69, 9.17) is 15.2 Å². The molecule has 1 spiro atoms. The highest BCUT2D eigenvalue weighted by Gasteiger charge is 2.43. The molecule has 148 valence electrons. The Labute approximate surface area is 163 Å². The van der Waals surface area contributed by atoms with E-state index in [2.05, 4.69) is 15.2 Å². The van der Waals surface area contributed by atoms with Gasteiger partial charge in [-0.25, -0.2) is 9.78 Å². The van der Waals surface area contributed by atoms with Crippen LogP contribution in [0, 0.1) is 0 Å². The second-order valence-electron chi connectivity index (χ2n) is 7.65. The fourth-order valence-corrected chi connectivity index (χ4v) is 3.89. The van der Waals surface area contributed by atoms with E-state index < -0.39 is 11.5 Å². The molecule has 2 saturated heterocycles. The number of anilines is 1. The lowest BCUT2D eigenvalue weighted by atomic mass is 9.91. The number of alkyl carbamates (subject to hydrolysis) is 1. The number of nitrogens with zero attached hydrogens (tertiary/aromatic N) is 2. The third-order valence-corrected chi connectivity index (χ3v) is 5.31. The predicted molar refractivity (Wildman–Crippen MR) is 105 cm³/mol. The van der Waals surface area contributed by atoms with Gasteiger partial charge in [-0.05, 0) is 37.4 Å². The molecular formula is C20H24N4O4. The van der Waals surface area contributed by atoms with E-state index in [1.807, 2.05) is 26.0 Å². The van der Waals surface area contributed by atoms with Crippen LogP contribution in [0.25, 0.3) is 10.8 Å². The average molecular weight is 384 g/mol. The monoisotopic (exact) mass is 384 g/mol. The first-order chi connectivity index (χ1) is 13.4. The minimum Gasteiger partial charge on any atom is -0.490 e. The summed E-state index contributed by atoms with van der Waals surface area (Å²) in [6.45, 7) is 5.80. The molecule has 3 heterocycles. The molecule has 8 heteroatoms. The maximum atomic E-state index is 11.9. The van der Waals surface area contributed by atoms with Crippen LogP contribution in [0.1, 0.15) is 37.0 Å². The second kappa shape index (κ2) is 6.85. The van der Waals surface area contributed by atoms with E-state index in [9.17, 15) is 9.59 Å². The van der Waals surface area contributed by atoms with Gasteiger partial charge >= 0.3 is 6.09 Å². The first-order valence-electron chi connectivity index (χ1n) is 9.48. The van der Waals surface area contributed by atoms with Crippen LogP contribution in [0.15, 0.2) is 24.4 Å². The topological polar surface area (TPSA) is 107 Å². The third kappa shape index (κ3) is 3.30. The van der Waals surface area contributed by atoms with Crippen molar-refractivity contribution in [3.05, 3.63) is 30.0 Å². The molecule has 2 aliphatic rings. The highest BCUT2D eigenvalue weighted by atomic mass is 16.6. The normalized spacial score (nSPS) is 18.4. The first-order valence-corrected chi connectivity index (χ1v) is 9.48. The van der Waals surface area contributed by atoms with Gasteiger partial charge in [0.15, 0.2) is 0 Å². The molecule has 0 aliphatic carbocycles. The summed E-state index contributed by atoms with van der Waals surface area (Å²) in [5, 5.41) is 4.53. The summed E-state index contributed by atoms with van der Waals surface area (Å²) < 4.78 is 11.3. The number of carbonyl (C=O) groups is 2. The zero-order valence-electron chi connectivity index (χ0n) is 16.0. The lowest BCUT2D eigenvalue weighted by Crippen LogP contribution is -2.47. The van der Waals surface area contributed by atoms with Crippen LogP contribution >= 0.6 is 0 Å². The van der Waals surface area contributed by atoms with Crippen molar-refractivity contribution in [2.24, 2.45) is 5.73 Å². The fourth-order valence-electron chi connectivity index (χ4n) is 3.89. The number of nitrogens with one attached hydrogen (secondary N) is 1. The number of aromatic nitrogens is 1. The average Bonchev–Trinajstić information content (AvgIpc) is 3.01. The number of hydrogen-bond donors (Lipinski definition) is 2. The van der Waals surface area contributed by atoms with Gasteiger partial charge in [-0.3, -0.25) is 4.79 Å². The lowest BCUT2D eigenvalue weighted by molar-refractivity contribution is 0.0366. The zero-order chi connectivity index (χ0) is 19.9. The lowest BCUT2D eigenvalue weighted by Gasteiger charge is -2.38. The summed E-state index contributed by atoms with van der Waals surface area (Å²) in [7, 11) is 0. The number of primary amides is 1. The molecule has 2 amide bonds. The Hall–Kier alpha value is -3.03. The number of fused-ring (bicyclic) bond motifs is 1. The van der Waals surface area contributed by atoms with Crippen molar-refractivity contribution in [3.63, 3.8) is 0 Å². The minimum atomic E-state index is -0.522. The van der Waals surface area contributed by atoms with Crippen LogP contribution in [0.3, 0.4) is 0 Å². The summed E-state index contributed by atoms with van der Waals surface area (Å²) >= 11 is 0. The van der Waals surface area contributed by atoms with E-state index >= 15 is 0 Å². The quantitative estimate of drug-likeness (QED) is 0.837. The maximum Gasteiger partial charge on any atom is 0.407 e. The molecule has 2 aliphatic heterocycles. The smallest absolute Gasteiger partial charge is 0.407 e. The van der Waals surface area contributed by atoms with Crippen LogP contribution in [0.5, 0.6) is 5.75 Å². The molecule has 1 aromatic carbocycles. The number of amides is 2. The second-order valence-corrected chi connectivity index (χ2v) is 7.65. The van der Waals surface area contributed by atoms with Gasteiger partial charge in [-0.2, -0.15) is 0 Å². The van der Waals surface area contributed by atoms with Crippen LogP contribution in [-0.2, 0) is 4.74 Å². The highest BCUT2D eigenvalue weighted by Crippen LogP contribution is 2.36. The molecule has 2 fully saturated rings. The summed E-state index contributed by atoms with van der Waals surface area (Å²) in [5.74, 6) is 0.771. The molecule has 1 aromatic heterocycles. The molecule has 8 nitrogen and oxygen atoms in total. The van der Waals surface area contributed by atoms with Crippen molar-refractivity contribution < 1.29 is 19.1 Å². The zero-order valence-corrected chi connectivity index (χ0v) is 16.0. The number of hydrogen-bond acceptors (Lipinski definition) is 6. The van der Waals surface area contributed by atoms with Gasteiger partial charge < -0.3 is 25.4 Å². The number of nitrogens with two attached hydrogens (primary N) is 1. The van der Waals surface area contributed by atoms with E-state index in [-0.39, 0.29) is 12.2 Å². The van der Waals surface area contributed by atoms with Crippen LogP contribution in [0.4, 0.5) is 10.6 Å². The largest absolute Gasteiger partial charge is 0.490 e. The number of ether oxygens (including phenoxy) is 2. The minimum absolute atomic E-state index is 0.0879. The summed E-state index contributed by atoms with van der Waals surface area (Å²) in [4.78, 5) is 30.1. The number of benzene rings is 1. The van der Waals surface area contributed by atoms with Gasteiger partial charge in [0.25, 0.3) is 5.91 Å². The molecule has 28 heavy (non-hydrogen) atoms. The summed E-state index contributed by atoms with van der Waals surface area (Å²) in [5.41, 5.74) is 5.50. The van der Waals surface area contributed by atoms with Gasteiger partial charge in [0.2, 0.25) is 0 Å². The number of pyridine rings is 1. The van der Waals surface area contributed by atoms with E-state index in [1.165, 1.54) is 0 Å². The molecule has 0 bridgehead atoms. The Morgan fingerprint density at radius 1 is 1.36 bits per heavy atom. The van der Waals surface area contributed by atoms with Gasteiger partial charge in [-0.1, -0.05) is 0 Å². The number of carbonyl (C=O) groups excluding carboxylic acids is 2. The fraction of sp³-hybridized carbons (Fsp3) is 0.450. The molecule has 2 aromatic rings. The van der Waals surface area contributed by atoms with Crippen molar-refractivity contribution in [2.45, 2.75) is 38.4 Å². The maximum absolute atomic E-state index is 11.9. The molecule has 0 radical (unpaired) electrons. The molecular weight excluding hydrogens is 360 g/mol. The SMILES string of the molecule is CC(C)Oc1cc2c(N3CCC4(CC3)CNC(=O)O4)nccc2cc1C(N)=O. The van der Waals surface area contributed by atoms with Crippen molar-refractivity contribution >= 4 is 28.6 Å². The highest BCUT2D eigenvalue weighted by molar-refractivity contribution is 6.03. The van der Waals surface area contributed by atoms with Crippen LogP contribution < -0.4 is 20.7 Å². The standard InChI is InChI=1S/C20H24N4O4/c1-12(2)27-16-10-14-13(9-15(16)17(21)25)3-6-22-18(14)24-7-4-20(5-8-24)11-23-19(26)28-20/h3,6,9-10,12H,4-5,7-8,11H2,1-2H3,(H2,21,25)(H,23,26). The Kier molecular flexibility index (Phi) is 4.49. The van der Waals surface area contributed by atoms with Crippen molar-refractivity contribution in [2.75, 3.05) is 24.5 Å². The van der Waals surface area contributed by atoms with Gasteiger partial charge in [0, 0.05) is 37.5 Å². The Balaban J connectivity index is 1.68. The molecule has 3 N–H and O–H groups in total. The van der Waals surface area contributed by atoms with Crippen LogP contribution in [-0.4, -0.2) is 48.3 Å². The van der Waals surface area contributed by atoms with E-state index in [0.717, 1.165) is 42.5 Å². The molecule has 4 rings (SSSR count). The summed E-state index contributed by atoms with van der Waals surface area (Å²) in [6.07, 6.45) is 2.77. The van der Waals surface area contributed by atoms with Gasteiger partial charge in [-0.15, -0.1) is 0 Å². The molecule has 0 atom stereocenters. The van der Waals surface area contributed by atoms with E-state index in [0.29, 0.717) is 17.9 Å². The van der Waals surface area contributed by atoms with Crippen molar-refractivity contribution in [1.82, 2.24) is 10.3 Å². The Morgan fingerprint density at radius 2 is 2.11 bits per heavy atom. The van der Waals surface area contributed by atoms with E-state index in [1.54, 1.807) is 12.3 Å². The summed E-state index contributed by atoms with van der Waals surface area (Å²) in [6, 6.07) is 5.46. The van der Waals surface area contributed by atoms with Crippen LogP contribution in [0.2, 0.25) is 0 Å². The Morgan fingerprint density at radius 3 is 2.71 bits per heavy atom. The third-order valence-electron chi connectivity index (χ3n) is 5.31. The van der Waals surface area contributed by atoms with Crippen molar-refractivity contribution in [1.29, 1.82) is 0 Å². The first kappa shape index (κ1) is 18.3. The number of rotatable bonds is 4. The predicted octanol–water partition coefficient (Wildman–Crippen LogP) is 2.20. The molecule has 0 unspecified atom stereocenters. The van der Waals surface area contributed by atoms with Gasteiger partial charge in [0.1, 0.15) is 17.2 Å².